The first kappa shape index (κ1) is 20.6. The highest BCUT2D eigenvalue weighted by atomic mass is 19.1. The lowest BCUT2D eigenvalue weighted by molar-refractivity contribution is -0.122. The van der Waals surface area contributed by atoms with Crippen molar-refractivity contribution in [3.8, 4) is 0 Å². The molecule has 164 valence electrons. The van der Waals surface area contributed by atoms with E-state index in [0.29, 0.717) is 18.6 Å². The van der Waals surface area contributed by atoms with E-state index in [1.807, 2.05) is 59.2 Å². The average Bonchev–Trinajstić information content (AvgIpc) is 3.16. The number of para-hydroxylation sites is 1. The monoisotopic (exact) mass is 440 g/mol. The van der Waals surface area contributed by atoms with Crippen molar-refractivity contribution in [3.05, 3.63) is 112 Å². The van der Waals surface area contributed by atoms with Crippen LogP contribution < -0.4 is 10.9 Å². The minimum atomic E-state index is -0.347. The smallest absolute Gasteiger partial charge is 0.291 e. The number of rotatable bonds is 6. The second-order valence-electron chi connectivity index (χ2n) is 7.86. The Balaban J connectivity index is 1.51. The van der Waals surface area contributed by atoms with Gasteiger partial charge in [-0.05, 0) is 29.3 Å². The van der Waals surface area contributed by atoms with E-state index in [9.17, 15) is 14.0 Å². The molecular weight excluding hydrogens is 419 g/mol. The molecule has 7 heteroatoms. The number of hydrogen-bond donors (Lipinski definition) is 1. The third-order valence-corrected chi connectivity index (χ3v) is 5.65. The zero-order chi connectivity index (χ0) is 22.8. The Bertz CT molecular complexity index is 1510. The Kier molecular flexibility index (Phi) is 5.44. The van der Waals surface area contributed by atoms with Crippen molar-refractivity contribution in [3.63, 3.8) is 0 Å². The number of carbonyl (C=O) groups is 1. The molecule has 5 aromatic rings. The molecule has 6 nitrogen and oxygen atoms in total. The molecule has 0 radical (unpaired) electrons. The highest BCUT2D eigenvalue weighted by Crippen LogP contribution is 2.27. The summed E-state index contributed by atoms with van der Waals surface area (Å²) < 4.78 is 16.5. The van der Waals surface area contributed by atoms with Crippen molar-refractivity contribution < 1.29 is 9.18 Å². The molecule has 3 aromatic carbocycles. The number of hydrogen-bond acceptors (Lipinski definition) is 3. The third kappa shape index (κ3) is 4.13. The van der Waals surface area contributed by atoms with Crippen LogP contribution in [-0.4, -0.2) is 20.3 Å². The highest BCUT2D eigenvalue weighted by Gasteiger charge is 2.17. The molecule has 0 aliphatic heterocycles. The van der Waals surface area contributed by atoms with Crippen molar-refractivity contribution in [1.82, 2.24) is 19.7 Å². The fourth-order valence-electron chi connectivity index (χ4n) is 4.03. The molecule has 0 saturated carbocycles. The van der Waals surface area contributed by atoms with Crippen LogP contribution in [0.25, 0.3) is 21.8 Å². The topological polar surface area (TPSA) is 68.9 Å². The van der Waals surface area contributed by atoms with Crippen LogP contribution in [0.1, 0.15) is 11.1 Å². The molecule has 0 atom stereocenters. The largest absolute Gasteiger partial charge is 0.350 e. The van der Waals surface area contributed by atoms with Crippen molar-refractivity contribution in [2.45, 2.75) is 19.6 Å². The number of fused-ring (bicyclic) bond motifs is 3. The number of amides is 1. The number of halogens is 1. The van der Waals surface area contributed by atoms with Gasteiger partial charge in [-0.25, -0.2) is 9.07 Å². The molecule has 0 saturated heterocycles. The molecule has 0 spiro atoms. The normalized spacial score (nSPS) is 11.2. The number of nitrogens with one attached hydrogen (secondary N) is 1. The van der Waals surface area contributed by atoms with Gasteiger partial charge in [0.05, 0.1) is 6.20 Å². The van der Waals surface area contributed by atoms with Crippen LogP contribution in [0.5, 0.6) is 0 Å². The van der Waals surface area contributed by atoms with E-state index in [2.05, 4.69) is 10.4 Å². The summed E-state index contributed by atoms with van der Waals surface area (Å²) in [7, 11) is 0. The highest BCUT2D eigenvalue weighted by molar-refractivity contribution is 6.07. The number of aromatic nitrogens is 3. The minimum Gasteiger partial charge on any atom is -0.350 e. The molecule has 0 aliphatic carbocycles. The second-order valence-corrected chi connectivity index (χ2v) is 7.86. The quantitative estimate of drug-likeness (QED) is 0.436. The predicted octanol–water partition coefficient (Wildman–Crippen LogP) is 3.86. The first-order valence-electron chi connectivity index (χ1n) is 10.6. The molecule has 2 heterocycles. The minimum absolute atomic E-state index is 0.181. The van der Waals surface area contributed by atoms with Gasteiger partial charge in [0, 0.05) is 29.4 Å². The van der Waals surface area contributed by atoms with E-state index < -0.39 is 0 Å². The summed E-state index contributed by atoms with van der Waals surface area (Å²) in [4.78, 5) is 25.9. The first-order valence-corrected chi connectivity index (χ1v) is 10.6. The summed E-state index contributed by atoms with van der Waals surface area (Å²) in [6.07, 6.45) is 1.63. The van der Waals surface area contributed by atoms with Crippen molar-refractivity contribution in [2.75, 3.05) is 0 Å². The number of nitrogens with zero attached hydrogens (tertiary/aromatic N) is 3. The molecule has 5 rings (SSSR count). The molecule has 0 aliphatic rings. The molecule has 0 bridgehead atoms. The van der Waals surface area contributed by atoms with E-state index >= 15 is 0 Å². The average molecular weight is 440 g/mol. The molecule has 1 N–H and O–H groups in total. The lowest BCUT2D eigenvalue weighted by atomic mass is 10.2. The van der Waals surface area contributed by atoms with Gasteiger partial charge >= 0.3 is 0 Å². The summed E-state index contributed by atoms with van der Waals surface area (Å²) in [5.74, 6) is -0.608. The van der Waals surface area contributed by atoms with Gasteiger partial charge in [0.15, 0.2) is 0 Å². The fourth-order valence-corrected chi connectivity index (χ4v) is 4.03. The van der Waals surface area contributed by atoms with Gasteiger partial charge in [-0.2, -0.15) is 5.10 Å². The van der Waals surface area contributed by atoms with E-state index in [4.69, 9.17) is 0 Å². The maximum absolute atomic E-state index is 13.4. The molecule has 0 unspecified atom stereocenters. The van der Waals surface area contributed by atoms with Gasteiger partial charge in [-0.15, -0.1) is 0 Å². The third-order valence-electron chi connectivity index (χ3n) is 5.65. The summed E-state index contributed by atoms with van der Waals surface area (Å²) in [5, 5.41) is 8.72. The van der Waals surface area contributed by atoms with E-state index in [-0.39, 0.29) is 23.8 Å². The molecule has 0 fully saturated rings. The van der Waals surface area contributed by atoms with Crippen LogP contribution in [0.4, 0.5) is 4.39 Å². The Morgan fingerprint density at radius 2 is 1.61 bits per heavy atom. The van der Waals surface area contributed by atoms with Crippen molar-refractivity contribution in [2.24, 2.45) is 0 Å². The Labute approximate surface area is 188 Å². The fraction of sp³-hybridized carbons (Fsp3) is 0.115. The predicted molar refractivity (Wildman–Crippen MR) is 125 cm³/mol. The number of benzene rings is 3. The summed E-state index contributed by atoms with van der Waals surface area (Å²) in [6.45, 7) is 0.588. The van der Waals surface area contributed by atoms with Crippen molar-refractivity contribution >= 4 is 27.7 Å². The second kappa shape index (κ2) is 8.70. The van der Waals surface area contributed by atoms with Crippen molar-refractivity contribution in [1.29, 1.82) is 0 Å². The lowest BCUT2D eigenvalue weighted by Gasteiger charge is -2.10. The summed E-state index contributed by atoms with van der Waals surface area (Å²) in [5.41, 5.74) is 2.83. The van der Waals surface area contributed by atoms with Crippen LogP contribution in [0.2, 0.25) is 0 Å². The Morgan fingerprint density at radius 3 is 2.39 bits per heavy atom. The maximum atomic E-state index is 13.4. The van der Waals surface area contributed by atoms with Crippen LogP contribution in [-0.2, 0) is 24.4 Å². The molecule has 1 amide bonds. The van der Waals surface area contributed by atoms with Gasteiger partial charge < -0.3 is 9.88 Å². The first-order chi connectivity index (χ1) is 16.1. The van der Waals surface area contributed by atoms with Gasteiger partial charge in [-0.3, -0.25) is 9.59 Å². The van der Waals surface area contributed by atoms with E-state index in [1.165, 1.54) is 16.8 Å². The van der Waals surface area contributed by atoms with Crippen LogP contribution >= 0.6 is 0 Å². The zero-order valence-corrected chi connectivity index (χ0v) is 17.7. The molecule has 2 aromatic heterocycles. The Morgan fingerprint density at radius 1 is 0.879 bits per heavy atom. The Hall–Kier alpha value is -4.26. The van der Waals surface area contributed by atoms with Gasteiger partial charge in [0.25, 0.3) is 5.56 Å². The van der Waals surface area contributed by atoms with Crippen LogP contribution in [0, 0.1) is 5.82 Å². The lowest BCUT2D eigenvalue weighted by Crippen LogP contribution is -2.33. The maximum Gasteiger partial charge on any atom is 0.291 e. The molecule has 33 heavy (non-hydrogen) atoms. The summed E-state index contributed by atoms with van der Waals surface area (Å²) in [6, 6.07) is 23.5. The van der Waals surface area contributed by atoms with E-state index in [0.717, 1.165) is 27.4 Å². The van der Waals surface area contributed by atoms with Crippen LogP contribution in [0.3, 0.4) is 0 Å². The summed E-state index contributed by atoms with van der Waals surface area (Å²) >= 11 is 0. The SMILES string of the molecule is O=C(Cn1ncc2c3ccccc3n(Cc3ccc(F)cc3)c2c1=O)NCc1ccccc1. The zero-order valence-electron chi connectivity index (χ0n) is 17.7. The standard InChI is InChI=1S/C26H21FN4O2/c27-20-12-10-19(11-13-20)16-30-23-9-5-4-8-21(23)22-15-29-31(26(33)25(22)30)17-24(32)28-14-18-6-2-1-3-7-18/h1-13,15H,14,16-17H2,(H,28,32). The van der Waals surface area contributed by atoms with Gasteiger partial charge in [0.2, 0.25) is 5.91 Å². The molecular formula is C26H21FN4O2. The number of carbonyl (C=O) groups excluding carboxylic acids is 1. The van der Waals surface area contributed by atoms with Gasteiger partial charge in [0.1, 0.15) is 17.9 Å². The van der Waals surface area contributed by atoms with Crippen LogP contribution in [0.15, 0.2) is 89.9 Å². The van der Waals surface area contributed by atoms with E-state index in [1.54, 1.807) is 18.3 Å². The van der Waals surface area contributed by atoms with Gasteiger partial charge in [-0.1, -0.05) is 60.7 Å².